The van der Waals surface area contributed by atoms with Gasteiger partial charge in [0.05, 0.1) is 25.0 Å². The zero-order valence-electron chi connectivity index (χ0n) is 11.0. The highest BCUT2D eigenvalue weighted by Crippen LogP contribution is 2.21. The highest BCUT2D eigenvalue weighted by atomic mass is 32.2. The van der Waals surface area contributed by atoms with E-state index in [0.717, 1.165) is 7.11 Å². The Morgan fingerprint density at radius 3 is 2.50 bits per heavy atom. The number of aliphatic carboxylic acids is 1. The molecule has 1 saturated heterocycles. The average Bonchev–Trinajstić information content (AvgIpc) is 2.67. The summed E-state index contributed by atoms with van der Waals surface area (Å²) in [5.41, 5.74) is 0. The van der Waals surface area contributed by atoms with Crippen molar-refractivity contribution in [2.75, 3.05) is 18.6 Å². The minimum absolute atomic E-state index is 0.0511. The van der Waals surface area contributed by atoms with Crippen LogP contribution in [-0.2, 0) is 29.0 Å². The standard InChI is InChI=1S/C11H17NO7S/c1-19-10(14)5-8(11(15)16)12-9(13)4-7-2-3-20(17,18)6-7/h7-8H,2-6H2,1H3,(H,12,13)(H,15,16)/t7?,8-/m0/s1. The van der Waals surface area contributed by atoms with E-state index in [2.05, 4.69) is 10.1 Å². The van der Waals surface area contributed by atoms with Crippen LogP contribution in [0.3, 0.4) is 0 Å². The maximum Gasteiger partial charge on any atom is 0.326 e. The minimum Gasteiger partial charge on any atom is -0.480 e. The lowest BCUT2D eigenvalue weighted by molar-refractivity contribution is -0.148. The van der Waals surface area contributed by atoms with Gasteiger partial charge in [-0.25, -0.2) is 13.2 Å². The minimum atomic E-state index is -3.08. The second-order valence-electron chi connectivity index (χ2n) is 4.71. The van der Waals surface area contributed by atoms with Crippen molar-refractivity contribution >= 4 is 27.7 Å². The fourth-order valence-electron chi connectivity index (χ4n) is 2.00. The number of carbonyl (C=O) groups excluding carboxylic acids is 2. The Morgan fingerprint density at radius 1 is 1.40 bits per heavy atom. The highest BCUT2D eigenvalue weighted by molar-refractivity contribution is 7.91. The maximum absolute atomic E-state index is 11.7. The van der Waals surface area contributed by atoms with Crippen LogP contribution in [0.4, 0.5) is 0 Å². The first-order chi connectivity index (χ1) is 9.23. The van der Waals surface area contributed by atoms with Crippen molar-refractivity contribution in [2.45, 2.75) is 25.3 Å². The van der Waals surface area contributed by atoms with Crippen LogP contribution in [0.5, 0.6) is 0 Å². The summed E-state index contributed by atoms with van der Waals surface area (Å²) < 4.78 is 26.8. The Balaban J connectivity index is 2.50. The molecule has 0 radical (unpaired) electrons. The molecular formula is C11H17NO7S. The summed E-state index contributed by atoms with van der Waals surface area (Å²) in [7, 11) is -1.96. The molecule has 0 aromatic heterocycles. The number of sulfone groups is 1. The van der Waals surface area contributed by atoms with E-state index in [-0.39, 0.29) is 23.8 Å². The van der Waals surface area contributed by atoms with Crippen LogP contribution in [0.25, 0.3) is 0 Å². The monoisotopic (exact) mass is 307 g/mol. The summed E-state index contributed by atoms with van der Waals surface area (Å²) >= 11 is 0. The number of esters is 1. The molecule has 1 unspecified atom stereocenters. The number of hydrogen-bond acceptors (Lipinski definition) is 6. The Hall–Kier alpha value is -1.64. The fraction of sp³-hybridized carbons (Fsp3) is 0.727. The summed E-state index contributed by atoms with van der Waals surface area (Å²) in [6.07, 6.45) is -0.144. The van der Waals surface area contributed by atoms with Gasteiger partial charge in [-0.3, -0.25) is 9.59 Å². The molecule has 1 aliphatic rings. The topological polar surface area (TPSA) is 127 Å². The Labute approximate surface area is 116 Å². The summed E-state index contributed by atoms with van der Waals surface area (Å²) in [5.74, 6) is -2.98. The van der Waals surface area contributed by atoms with Crippen LogP contribution >= 0.6 is 0 Å². The lowest BCUT2D eigenvalue weighted by atomic mass is 10.0. The first-order valence-electron chi connectivity index (χ1n) is 6.03. The van der Waals surface area contributed by atoms with Crippen molar-refractivity contribution in [3.63, 3.8) is 0 Å². The number of amides is 1. The molecular weight excluding hydrogens is 290 g/mol. The van der Waals surface area contributed by atoms with Gasteiger partial charge in [-0.2, -0.15) is 0 Å². The Bertz CT molecular complexity index is 499. The van der Waals surface area contributed by atoms with Gasteiger partial charge in [0.1, 0.15) is 6.04 Å². The number of carbonyl (C=O) groups is 3. The first kappa shape index (κ1) is 16.4. The third-order valence-electron chi connectivity index (χ3n) is 3.03. The zero-order valence-corrected chi connectivity index (χ0v) is 11.8. The van der Waals surface area contributed by atoms with Gasteiger partial charge in [-0.1, -0.05) is 0 Å². The number of rotatable bonds is 6. The van der Waals surface area contributed by atoms with Crippen LogP contribution in [-0.4, -0.2) is 56.0 Å². The van der Waals surface area contributed by atoms with E-state index in [1.54, 1.807) is 0 Å². The Morgan fingerprint density at radius 2 is 2.05 bits per heavy atom. The summed E-state index contributed by atoms with van der Waals surface area (Å²) in [5, 5.41) is 11.1. The van der Waals surface area contributed by atoms with Crippen LogP contribution < -0.4 is 5.32 Å². The molecule has 0 aliphatic carbocycles. The molecule has 2 atom stereocenters. The molecule has 9 heteroatoms. The summed E-state index contributed by atoms with van der Waals surface area (Å²) in [6, 6.07) is -1.37. The predicted octanol–water partition coefficient (Wildman–Crippen LogP) is -1.06. The lowest BCUT2D eigenvalue weighted by Crippen LogP contribution is -2.43. The van der Waals surface area contributed by atoms with E-state index in [0.29, 0.717) is 6.42 Å². The molecule has 0 aromatic rings. The molecule has 1 heterocycles. The van der Waals surface area contributed by atoms with Gasteiger partial charge in [-0.05, 0) is 12.3 Å². The number of nitrogens with one attached hydrogen (secondary N) is 1. The van der Waals surface area contributed by atoms with E-state index >= 15 is 0 Å². The van der Waals surface area contributed by atoms with Gasteiger partial charge in [0, 0.05) is 6.42 Å². The first-order valence-corrected chi connectivity index (χ1v) is 7.85. The second kappa shape index (κ2) is 6.69. The normalized spacial score (nSPS) is 21.9. The molecule has 1 aliphatic heterocycles. The second-order valence-corrected chi connectivity index (χ2v) is 6.94. The lowest BCUT2D eigenvalue weighted by Gasteiger charge is -2.14. The summed E-state index contributed by atoms with van der Waals surface area (Å²) in [6.45, 7) is 0. The van der Waals surface area contributed by atoms with Crippen molar-refractivity contribution in [3.8, 4) is 0 Å². The molecule has 8 nitrogen and oxygen atoms in total. The molecule has 0 saturated carbocycles. The molecule has 114 valence electrons. The SMILES string of the molecule is COC(=O)C[C@H](NC(=O)CC1CCS(=O)(=O)C1)C(=O)O. The van der Waals surface area contributed by atoms with Crippen molar-refractivity contribution in [1.82, 2.24) is 5.32 Å². The van der Waals surface area contributed by atoms with Crippen LogP contribution in [0, 0.1) is 5.92 Å². The van der Waals surface area contributed by atoms with Gasteiger partial charge in [0.15, 0.2) is 9.84 Å². The third kappa shape index (κ3) is 5.16. The number of carboxylic acids is 1. The molecule has 0 spiro atoms. The van der Waals surface area contributed by atoms with Gasteiger partial charge in [0.25, 0.3) is 0 Å². The third-order valence-corrected chi connectivity index (χ3v) is 4.87. The molecule has 0 aromatic carbocycles. The number of carboxylic acid groups (broad SMARTS) is 1. The molecule has 1 rings (SSSR count). The van der Waals surface area contributed by atoms with E-state index in [1.807, 2.05) is 0 Å². The smallest absolute Gasteiger partial charge is 0.326 e. The van der Waals surface area contributed by atoms with E-state index in [1.165, 1.54) is 0 Å². The largest absolute Gasteiger partial charge is 0.480 e. The molecule has 1 fully saturated rings. The van der Waals surface area contributed by atoms with Crippen molar-refractivity contribution in [3.05, 3.63) is 0 Å². The van der Waals surface area contributed by atoms with Crippen molar-refractivity contribution in [2.24, 2.45) is 5.92 Å². The predicted molar refractivity (Wildman–Crippen MR) is 67.6 cm³/mol. The zero-order chi connectivity index (χ0) is 15.3. The van der Waals surface area contributed by atoms with Gasteiger partial charge in [-0.15, -0.1) is 0 Å². The van der Waals surface area contributed by atoms with E-state index < -0.39 is 40.1 Å². The van der Waals surface area contributed by atoms with Crippen LogP contribution in [0.1, 0.15) is 19.3 Å². The molecule has 0 bridgehead atoms. The van der Waals surface area contributed by atoms with Gasteiger partial charge >= 0.3 is 11.9 Å². The van der Waals surface area contributed by atoms with Gasteiger partial charge in [0.2, 0.25) is 5.91 Å². The average molecular weight is 307 g/mol. The highest BCUT2D eigenvalue weighted by Gasteiger charge is 2.31. The fourth-order valence-corrected chi connectivity index (χ4v) is 3.86. The summed E-state index contributed by atoms with van der Waals surface area (Å²) in [4.78, 5) is 33.6. The van der Waals surface area contributed by atoms with Gasteiger partial charge < -0.3 is 15.2 Å². The van der Waals surface area contributed by atoms with Crippen molar-refractivity contribution < 1.29 is 32.6 Å². The number of methoxy groups -OCH3 is 1. The van der Waals surface area contributed by atoms with E-state index in [9.17, 15) is 22.8 Å². The van der Waals surface area contributed by atoms with Crippen LogP contribution in [0.2, 0.25) is 0 Å². The van der Waals surface area contributed by atoms with Crippen LogP contribution in [0.15, 0.2) is 0 Å². The van der Waals surface area contributed by atoms with Crippen molar-refractivity contribution in [1.29, 1.82) is 0 Å². The molecule has 20 heavy (non-hydrogen) atoms. The quantitative estimate of drug-likeness (QED) is 0.599. The Kier molecular flexibility index (Phi) is 5.49. The van der Waals surface area contributed by atoms with E-state index in [4.69, 9.17) is 5.11 Å². The molecule has 2 N–H and O–H groups in total. The maximum atomic E-state index is 11.7. The number of ether oxygens (including phenoxy) is 1. The number of hydrogen-bond donors (Lipinski definition) is 2. The molecule has 1 amide bonds.